The molecule has 0 aliphatic carbocycles. The molecule has 1 rings (SSSR count). The number of aliphatic carboxylic acids is 1. The molecule has 0 fully saturated rings. The Morgan fingerprint density at radius 3 is 2.61 bits per heavy atom. The maximum absolute atomic E-state index is 10.4. The molecule has 18 heavy (non-hydrogen) atoms. The molecule has 6 nitrogen and oxygen atoms in total. The molecule has 0 atom stereocenters. The molecule has 0 saturated carbocycles. The number of anilines is 1. The van der Waals surface area contributed by atoms with Crippen molar-refractivity contribution in [2.45, 2.75) is 6.42 Å². The van der Waals surface area contributed by atoms with Crippen molar-refractivity contribution in [2.24, 2.45) is 0 Å². The van der Waals surface area contributed by atoms with Crippen molar-refractivity contribution in [3.8, 4) is 6.07 Å². The maximum Gasteiger partial charge on any atom is 0.305 e. The minimum Gasteiger partial charge on any atom is -0.481 e. The topological polar surface area (TPSA) is 100 Å². The average Bonchev–Trinajstić information content (AvgIpc) is 2.36. The number of nitrogens with zero attached hydrogens (tertiary/aromatic N) is 2. The molecule has 6 heteroatoms. The number of carboxylic acids is 1. The van der Waals surface area contributed by atoms with Gasteiger partial charge in [-0.1, -0.05) is 0 Å². The number of rotatable bonds is 4. The van der Waals surface area contributed by atoms with Crippen molar-refractivity contribution in [2.75, 3.05) is 18.9 Å². The highest BCUT2D eigenvalue weighted by Crippen LogP contribution is 2.09. The fourth-order valence-corrected chi connectivity index (χ4v) is 1.24. The smallest absolute Gasteiger partial charge is 0.305 e. The van der Waals surface area contributed by atoms with Crippen LogP contribution in [0.25, 0.3) is 0 Å². The van der Waals surface area contributed by atoms with E-state index in [1.54, 1.807) is 31.3 Å². The van der Waals surface area contributed by atoms with Gasteiger partial charge < -0.3 is 15.3 Å². The summed E-state index contributed by atoms with van der Waals surface area (Å²) in [6.45, 7) is 0.261. The Balaban J connectivity index is 2.53. The molecule has 0 aromatic heterocycles. The molecule has 0 unspecified atom stereocenters. The number of carbonyl (C=O) groups is 1. The molecule has 0 radical (unpaired) electrons. The summed E-state index contributed by atoms with van der Waals surface area (Å²) in [5.74, 6) is -0.783. The van der Waals surface area contributed by atoms with Crippen LogP contribution in [0, 0.1) is 16.7 Å². The number of nitriles is 1. The first-order chi connectivity index (χ1) is 8.52. The van der Waals surface area contributed by atoms with Crippen molar-refractivity contribution in [3.05, 3.63) is 29.8 Å². The molecule has 0 bridgehead atoms. The fraction of sp³-hybridized carbons (Fsp3) is 0.250. The first kappa shape index (κ1) is 13.5. The third-order valence-electron chi connectivity index (χ3n) is 2.32. The van der Waals surface area contributed by atoms with Crippen LogP contribution in [0.1, 0.15) is 12.0 Å². The predicted octanol–water partition coefficient (Wildman–Crippen LogP) is 1.31. The minimum atomic E-state index is -0.895. The van der Waals surface area contributed by atoms with Gasteiger partial charge in [0, 0.05) is 19.3 Å². The van der Waals surface area contributed by atoms with E-state index in [1.807, 2.05) is 6.07 Å². The summed E-state index contributed by atoms with van der Waals surface area (Å²) in [5, 5.41) is 27.7. The molecule has 3 N–H and O–H groups in total. The third-order valence-corrected chi connectivity index (χ3v) is 2.32. The lowest BCUT2D eigenvalue weighted by Crippen LogP contribution is -2.33. The van der Waals surface area contributed by atoms with Crippen LogP contribution < -0.4 is 5.32 Å². The average molecular weight is 246 g/mol. The van der Waals surface area contributed by atoms with Crippen molar-refractivity contribution >= 4 is 17.6 Å². The Hall–Kier alpha value is -2.55. The zero-order valence-corrected chi connectivity index (χ0v) is 9.97. The van der Waals surface area contributed by atoms with Gasteiger partial charge in [0.2, 0.25) is 0 Å². The summed E-state index contributed by atoms with van der Waals surface area (Å²) in [7, 11) is 1.64. The Labute approximate surface area is 105 Å². The summed E-state index contributed by atoms with van der Waals surface area (Å²) in [5.41, 5.74) is 1.23. The van der Waals surface area contributed by atoms with Gasteiger partial charge in [0.05, 0.1) is 18.1 Å². The van der Waals surface area contributed by atoms with Crippen molar-refractivity contribution in [3.63, 3.8) is 0 Å². The van der Waals surface area contributed by atoms with Crippen LogP contribution in [0.15, 0.2) is 24.3 Å². The second-order valence-corrected chi connectivity index (χ2v) is 3.73. The minimum absolute atomic E-state index is 0.0199. The van der Waals surface area contributed by atoms with E-state index < -0.39 is 5.97 Å². The second-order valence-electron chi connectivity index (χ2n) is 3.73. The Morgan fingerprint density at radius 1 is 1.50 bits per heavy atom. The zero-order valence-electron chi connectivity index (χ0n) is 9.97. The van der Waals surface area contributed by atoms with E-state index in [4.69, 9.17) is 15.8 Å². The monoisotopic (exact) mass is 246 g/mol. The fourth-order valence-electron chi connectivity index (χ4n) is 1.24. The summed E-state index contributed by atoms with van der Waals surface area (Å²) in [4.78, 5) is 11.9. The van der Waals surface area contributed by atoms with Gasteiger partial charge in [0.25, 0.3) is 0 Å². The van der Waals surface area contributed by atoms with Crippen LogP contribution in [0.3, 0.4) is 0 Å². The SMILES string of the molecule is CN(CCC(=O)O)C(=N)Nc1ccc(C#N)cc1. The highest BCUT2D eigenvalue weighted by molar-refractivity contribution is 5.91. The van der Waals surface area contributed by atoms with Gasteiger partial charge in [-0.2, -0.15) is 5.26 Å². The number of guanidine groups is 1. The van der Waals surface area contributed by atoms with Crippen LogP contribution >= 0.6 is 0 Å². The number of carboxylic acid groups (broad SMARTS) is 1. The number of nitrogens with one attached hydrogen (secondary N) is 2. The van der Waals surface area contributed by atoms with Gasteiger partial charge in [-0.05, 0) is 24.3 Å². The van der Waals surface area contributed by atoms with E-state index in [1.165, 1.54) is 4.90 Å². The summed E-state index contributed by atoms with van der Waals surface area (Å²) in [6, 6.07) is 8.68. The lowest BCUT2D eigenvalue weighted by atomic mass is 10.2. The second kappa shape index (κ2) is 6.25. The van der Waals surface area contributed by atoms with Crippen LogP contribution in [0.2, 0.25) is 0 Å². The van der Waals surface area contributed by atoms with E-state index in [0.29, 0.717) is 11.3 Å². The van der Waals surface area contributed by atoms with Gasteiger partial charge in [0.15, 0.2) is 5.96 Å². The molecular weight excluding hydrogens is 232 g/mol. The molecule has 1 aromatic carbocycles. The molecule has 0 amide bonds. The molecular formula is C12H14N4O2. The highest BCUT2D eigenvalue weighted by Gasteiger charge is 2.06. The molecule has 94 valence electrons. The van der Waals surface area contributed by atoms with E-state index in [0.717, 1.165) is 0 Å². The normalized spacial score (nSPS) is 9.33. The van der Waals surface area contributed by atoms with E-state index in [2.05, 4.69) is 5.32 Å². The van der Waals surface area contributed by atoms with Crippen molar-refractivity contribution in [1.82, 2.24) is 4.90 Å². The van der Waals surface area contributed by atoms with Gasteiger partial charge >= 0.3 is 5.97 Å². The summed E-state index contributed by atoms with van der Waals surface area (Å²) < 4.78 is 0. The quantitative estimate of drug-likeness (QED) is 0.549. The zero-order chi connectivity index (χ0) is 13.5. The molecule has 0 saturated heterocycles. The molecule has 0 aliphatic rings. The van der Waals surface area contributed by atoms with E-state index >= 15 is 0 Å². The first-order valence-electron chi connectivity index (χ1n) is 5.31. The number of hydrogen-bond donors (Lipinski definition) is 3. The largest absolute Gasteiger partial charge is 0.481 e. The van der Waals surface area contributed by atoms with Gasteiger partial charge in [0.1, 0.15) is 0 Å². The first-order valence-corrected chi connectivity index (χ1v) is 5.31. The molecule has 1 aromatic rings. The van der Waals surface area contributed by atoms with E-state index in [9.17, 15) is 4.79 Å². The Kier molecular flexibility index (Phi) is 4.69. The van der Waals surface area contributed by atoms with Crippen LogP contribution in [-0.2, 0) is 4.79 Å². The van der Waals surface area contributed by atoms with Crippen LogP contribution in [0.4, 0.5) is 5.69 Å². The van der Waals surface area contributed by atoms with Gasteiger partial charge in [-0.25, -0.2) is 0 Å². The lowest BCUT2D eigenvalue weighted by Gasteiger charge is -2.19. The third kappa shape index (κ3) is 4.14. The van der Waals surface area contributed by atoms with Crippen molar-refractivity contribution in [1.29, 1.82) is 10.7 Å². The Morgan fingerprint density at radius 2 is 2.11 bits per heavy atom. The maximum atomic E-state index is 10.4. The standard InChI is InChI=1S/C12H14N4O2/c1-16(7-6-11(17)18)12(14)15-10-4-2-9(8-13)3-5-10/h2-5H,6-7H2,1H3,(H2,14,15)(H,17,18). The molecule has 0 aliphatic heterocycles. The predicted molar refractivity (Wildman–Crippen MR) is 67.4 cm³/mol. The van der Waals surface area contributed by atoms with E-state index in [-0.39, 0.29) is 18.9 Å². The molecule has 0 spiro atoms. The van der Waals surface area contributed by atoms with Crippen LogP contribution in [-0.4, -0.2) is 35.5 Å². The van der Waals surface area contributed by atoms with Crippen LogP contribution in [0.5, 0.6) is 0 Å². The number of hydrogen-bond acceptors (Lipinski definition) is 3. The lowest BCUT2D eigenvalue weighted by molar-refractivity contribution is -0.137. The van der Waals surface area contributed by atoms with Gasteiger partial charge in [-0.15, -0.1) is 0 Å². The Bertz CT molecular complexity index is 476. The summed E-state index contributed by atoms with van der Waals surface area (Å²) >= 11 is 0. The van der Waals surface area contributed by atoms with Gasteiger partial charge in [-0.3, -0.25) is 10.2 Å². The summed E-state index contributed by atoms with van der Waals surface area (Å²) in [6.07, 6.45) is -0.0199. The van der Waals surface area contributed by atoms with Crippen molar-refractivity contribution < 1.29 is 9.90 Å². The molecule has 0 heterocycles. The highest BCUT2D eigenvalue weighted by atomic mass is 16.4. The number of benzene rings is 1.